The van der Waals surface area contributed by atoms with Crippen molar-refractivity contribution >= 4 is 14.1 Å². The highest BCUT2D eigenvalue weighted by molar-refractivity contribution is 6.05. The first-order chi connectivity index (χ1) is 7.85. The summed E-state index contributed by atoms with van der Waals surface area (Å²) in [5.41, 5.74) is 1.76. The smallest absolute Gasteiger partial charge is 0.410 e. The summed E-state index contributed by atoms with van der Waals surface area (Å²) in [6.45, 7) is 6.88. The van der Waals surface area contributed by atoms with Crippen LogP contribution in [-0.4, -0.2) is 40.8 Å². The van der Waals surface area contributed by atoms with Gasteiger partial charge in [-0.1, -0.05) is 0 Å². The van der Waals surface area contributed by atoms with E-state index in [0.717, 1.165) is 12.1 Å². The minimum Gasteiger partial charge on any atom is -0.444 e. The SMILES string of the molecule is Bn1cc2c(n1)CN(C(=O)OC(C)(C)C)CC2. The van der Waals surface area contributed by atoms with Crippen molar-refractivity contribution in [1.29, 1.82) is 0 Å². The van der Waals surface area contributed by atoms with Gasteiger partial charge in [0.25, 0.3) is 0 Å². The Morgan fingerprint density at radius 2 is 2.24 bits per heavy atom. The van der Waals surface area contributed by atoms with Gasteiger partial charge < -0.3 is 14.2 Å². The average molecular weight is 235 g/mol. The third-order valence-corrected chi connectivity index (χ3v) is 2.64. The maximum atomic E-state index is 11.9. The van der Waals surface area contributed by atoms with Crippen LogP contribution in [0.4, 0.5) is 4.79 Å². The minimum absolute atomic E-state index is 0.256. The van der Waals surface area contributed by atoms with E-state index in [9.17, 15) is 4.79 Å². The van der Waals surface area contributed by atoms with Crippen molar-refractivity contribution in [2.75, 3.05) is 6.54 Å². The van der Waals surface area contributed by atoms with E-state index >= 15 is 0 Å². The molecule has 0 atom stereocenters. The normalized spacial score (nSPS) is 15.6. The summed E-state index contributed by atoms with van der Waals surface area (Å²) in [5.74, 6) is 0. The summed E-state index contributed by atoms with van der Waals surface area (Å²) in [6, 6.07) is 0. The zero-order valence-electron chi connectivity index (χ0n) is 10.9. The van der Waals surface area contributed by atoms with E-state index in [1.54, 1.807) is 9.49 Å². The van der Waals surface area contributed by atoms with Gasteiger partial charge in [-0.05, 0) is 32.8 Å². The van der Waals surface area contributed by atoms with Gasteiger partial charge in [-0.3, -0.25) is 0 Å². The third kappa shape index (κ3) is 2.81. The molecule has 1 amide bonds. The van der Waals surface area contributed by atoms with Crippen molar-refractivity contribution in [2.24, 2.45) is 0 Å². The Bertz CT molecular complexity index is 436. The number of carbonyl (C=O) groups is 1. The second-order valence-electron chi connectivity index (χ2n) is 5.43. The Morgan fingerprint density at radius 3 is 2.88 bits per heavy atom. The van der Waals surface area contributed by atoms with Crippen LogP contribution in [0, 0.1) is 0 Å². The molecule has 92 valence electrons. The molecule has 0 saturated heterocycles. The molecule has 1 aliphatic heterocycles. The maximum Gasteiger partial charge on any atom is 0.410 e. The first kappa shape index (κ1) is 12.0. The van der Waals surface area contributed by atoms with Crippen LogP contribution in [0.15, 0.2) is 6.20 Å². The second-order valence-corrected chi connectivity index (χ2v) is 5.43. The zero-order valence-corrected chi connectivity index (χ0v) is 10.9. The summed E-state index contributed by atoms with van der Waals surface area (Å²) in [5, 5.41) is 4.35. The molecule has 0 aliphatic carbocycles. The molecule has 1 aromatic heterocycles. The summed E-state index contributed by atoms with van der Waals surface area (Å²) in [7, 11) is 1.90. The number of rotatable bonds is 0. The Morgan fingerprint density at radius 1 is 1.53 bits per heavy atom. The van der Waals surface area contributed by atoms with Gasteiger partial charge in [-0.15, -0.1) is 0 Å². The fourth-order valence-electron chi connectivity index (χ4n) is 1.92. The van der Waals surface area contributed by atoms with E-state index in [4.69, 9.17) is 4.74 Å². The molecular weight excluding hydrogens is 217 g/mol. The molecule has 2 heterocycles. The molecule has 0 radical (unpaired) electrons. The third-order valence-electron chi connectivity index (χ3n) is 2.64. The van der Waals surface area contributed by atoms with Crippen LogP contribution in [0.1, 0.15) is 32.0 Å². The maximum absolute atomic E-state index is 11.9. The molecule has 0 fully saturated rings. The predicted molar refractivity (Wildman–Crippen MR) is 66.5 cm³/mol. The van der Waals surface area contributed by atoms with E-state index in [1.165, 1.54) is 5.56 Å². The highest BCUT2D eigenvalue weighted by atomic mass is 16.6. The Labute approximate surface area is 102 Å². The average Bonchev–Trinajstić information content (AvgIpc) is 2.53. The number of amides is 1. The van der Waals surface area contributed by atoms with Crippen LogP contribution >= 0.6 is 0 Å². The molecule has 1 aromatic rings. The predicted octanol–water partition coefficient (Wildman–Crippen LogP) is 0.572. The molecule has 5 nitrogen and oxygen atoms in total. The number of hydrogen-bond donors (Lipinski definition) is 0. The molecule has 0 bridgehead atoms. The van der Waals surface area contributed by atoms with Crippen LogP contribution < -0.4 is 0 Å². The van der Waals surface area contributed by atoms with Crippen molar-refractivity contribution in [3.05, 3.63) is 17.5 Å². The lowest BCUT2D eigenvalue weighted by Gasteiger charge is -2.29. The minimum atomic E-state index is -0.443. The Kier molecular flexibility index (Phi) is 2.89. The Hall–Kier alpha value is -1.46. The molecule has 0 spiro atoms. The summed E-state index contributed by atoms with van der Waals surface area (Å²) in [6.07, 6.45) is 2.61. The molecule has 0 saturated carbocycles. The standard InChI is InChI=1S/C11H18BN3O2/c1-11(2,3)17-10(16)14-5-4-8-6-15(12)13-9(8)7-14/h6H,4-5,7,12H2,1-3H3. The quantitative estimate of drug-likeness (QED) is 0.618. The first-order valence-corrected chi connectivity index (χ1v) is 5.84. The number of nitrogens with zero attached hydrogens (tertiary/aromatic N) is 3. The van der Waals surface area contributed by atoms with Crippen LogP contribution in [0.3, 0.4) is 0 Å². The number of fused-ring (bicyclic) bond motifs is 1. The van der Waals surface area contributed by atoms with E-state index in [2.05, 4.69) is 5.10 Å². The lowest BCUT2D eigenvalue weighted by Crippen LogP contribution is -2.39. The van der Waals surface area contributed by atoms with E-state index in [1.807, 2.05) is 34.9 Å². The monoisotopic (exact) mass is 235 g/mol. The lowest BCUT2D eigenvalue weighted by molar-refractivity contribution is 0.0221. The van der Waals surface area contributed by atoms with E-state index < -0.39 is 5.60 Å². The van der Waals surface area contributed by atoms with E-state index in [-0.39, 0.29) is 6.09 Å². The summed E-state index contributed by atoms with van der Waals surface area (Å²) >= 11 is 0. The van der Waals surface area contributed by atoms with Crippen molar-refractivity contribution < 1.29 is 9.53 Å². The van der Waals surface area contributed by atoms with Crippen LogP contribution in [0.25, 0.3) is 0 Å². The summed E-state index contributed by atoms with van der Waals surface area (Å²) < 4.78 is 7.15. The highest BCUT2D eigenvalue weighted by Gasteiger charge is 2.26. The Balaban J connectivity index is 2.05. The lowest BCUT2D eigenvalue weighted by atomic mass is 10.1. The number of ether oxygens (including phenoxy) is 1. The number of aromatic nitrogens is 2. The molecule has 0 N–H and O–H groups in total. The number of hydrogen-bond acceptors (Lipinski definition) is 3. The van der Waals surface area contributed by atoms with Gasteiger partial charge >= 0.3 is 6.09 Å². The number of carbonyl (C=O) groups excluding carboxylic acids is 1. The van der Waals surface area contributed by atoms with Crippen molar-refractivity contribution in [3.8, 4) is 0 Å². The van der Waals surface area contributed by atoms with Gasteiger partial charge in [0, 0.05) is 12.7 Å². The van der Waals surface area contributed by atoms with Gasteiger partial charge in [0.1, 0.15) is 5.60 Å². The van der Waals surface area contributed by atoms with Gasteiger partial charge in [0.2, 0.25) is 7.98 Å². The van der Waals surface area contributed by atoms with Crippen molar-refractivity contribution in [1.82, 2.24) is 14.6 Å². The first-order valence-electron chi connectivity index (χ1n) is 5.84. The van der Waals surface area contributed by atoms with Gasteiger partial charge in [-0.2, -0.15) is 5.10 Å². The topological polar surface area (TPSA) is 47.4 Å². The molecule has 2 rings (SSSR count). The van der Waals surface area contributed by atoms with Crippen LogP contribution in [-0.2, 0) is 17.7 Å². The fraction of sp³-hybridized carbons (Fsp3) is 0.636. The molecule has 17 heavy (non-hydrogen) atoms. The van der Waals surface area contributed by atoms with Gasteiger partial charge in [-0.25, -0.2) is 4.79 Å². The molecule has 6 heteroatoms. The van der Waals surface area contributed by atoms with Gasteiger partial charge in [0.05, 0.1) is 12.2 Å². The highest BCUT2D eigenvalue weighted by Crippen LogP contribution is 2.19. The second kappa shape index (κ2) is 4.09. The molecule has 1 aliphatic rings. The molecule has 0 aromatic carbocycles. The van der Waals surface area contributed by atoms with Gasteiger partial charge in [0.15, 0.2) is 0 Å². The zero-order chi connectivity index (χ0) is 12.6. The molecule has 0 unspecified atom stereocenters. The van der Waals surface area contributed by atoms with Crippen LogP contribution in [0.2, 0.25) is 0 Å². The van der Waals surface area contributed by atoms with Crippen molar-refractivity contribution in [3.63, 3.8) is 0 Å². The van der Waals surface area contributed by atoms with Crippen LogP contribution in [0.5, 0.6) is 0 Å². The van der Waals surface area contributed by atoms with Crippen molar-refractivity contribution in [2.45, 2.75) is 39.3 Å². The fourth-order valence-corrected chi connectivity index (χ4v) is 1.92. The summed E-state index contributed by atoms with van der Waals surface area (Å²) in [4.78, 5) is 13.6. The molecular formula is C11H18BN3O2. The van der Waals surface area contributed by atoms with E-state index in [0.29, 0.717) is 13.1 Å². The largest absolute Gasteiger partial charge is 0.444 e.